The number of furan rings is 1. The Labute approximate surface area is 210 Å². The zero-order valence-electron chi connectivity index (χ0n) is 20.1. The van der Waals surface area contributed by atoms with Crippen molar-refractivity contribution in [1.29, 1.82) is 0 Å². The Bertz CT molecular complexity index is 1500. The van der Waals surface area contributed by atoms with Crippen LogP contribution in [0.2, 0.25) is 0 Å². The summed E-state index contributed by atoms with van der Waals surface area (Å²) in [4.78, 5) is 59.6. The molecule has 2 saturated heterocycles. The van der Waals surface area contributed by atoms with Crippen molar-refractivity contribution >= 4 is 40.8 Å². The topological polar surface area (TPSA) is 159 Å². The predicted molar refractivity (Wildman–Crippen MR) is 128 cm³/mol. The minimum Gasteiger partial charge on any atom is -0.497 e. The smallest absolute Gasteiger partial charge is 0.322 e. The number of amides is 7. The van der Waals surface area contributed by atoms with Crippen molar-refractivity contribution in [2.45, 2.75) is 25.0 Å². The molecule has 0 aliphatic carbocycles. The van der Waals surface area contributed by atoms with Crippen LogP contribution in [0.3, 0.4) is 0 Å². The normalized spacial score (nSPS) is 22.2. The zero-order valence-corrected chi connectivity index (χ0v) is 20.1. The fourth-order valence-corrected chi connectivity index (χ4v) is 4.43. The van der Waals surface area contributed by atoms with Crippen molar-refractivity contribution in [3.05, 3.63) is 64.9 Å². The number of imide groups is 2. The third-order valence-corrected chi connectivity index (χ3v) is 6.52. The number of fused-ring (bicyclic) bond motifs is 2. The lowest BCUT2D eigenvalue weighted by Crippen LogP contribution is -2.40. The quantitative estimate of drug-likeness (QED) is 0.394. The van der Waals surface area contributed by atoms with E-state index in [0.717, 1.165) is 16.9 Å². The Morgan fingerprint density at radius 3 is 2.43 bits per heavy atom. The van der Waals surface area contributed by atoms with Crippen LogP contribution in [0, 0.1) is 0 Å². The van der Waals surface area contributed by atoms with E-state index in [2.05, 4.69) is 21.3 Å². The number of benzene rings is 2. The number of rotatable bonds is 3. The highest BCUT2D eigenvalue weighted by molar-refractivity contribution is 6.07. The molecule has 4 heterocycles. The van der Waals surface area contributed by atoms with Crippen LogP contribution in [-0.2, 0) is 21.7 Å². The van der Waals surface area contributed by atoms with Crippen LogP contribution in [0.5, 0.6) is 5.75 Å². The Morgan fingerprint density at radius 2 is 1.78 bits per heavy atom. The Balaban J connectivity index is 0.000000182. The molecule has 12 heteroatoms. The number of carbonyl (C=O) groups excluding carboxylic acids is 5. The summed E-state index contributed by atoms with van der Waals surface area (Å²) in [5, 5.41) is 10.0. The molecule has 0 spiro atoms. The summed E-state index contributed by atoms with van der Waals surface area (Å²) in [6.45, 7) is 2.30. The van der Waals surface area contributed by atoms with E-state index in [0.29, 0.717) is 23.1 Å². The second-order valence-corrected chi connectivity index (χ2v) is 9.01. The summed E-state index contributed by atoms with van der Waals surface area (Å²) in [6, 6.07) is 10.2. The first kappa shape index (κ1) is 23.9. The molecule has 2 atom stereocenters. The average Bonchev–Trinajstić information content (AvgIpc) is 3.58. The molecule has 3 aliphatic rings. The zero-order chi connectivity index (χ0) is 26.5. The maximum absolute atomic E-state index is 12.0. The van der Waals surface area contributed by atoms with Crippen molar-refractivity contribution in [1.82, 2.24) is 26.2 Å². The number of nitrogens with zero attached hydrogens (tertiary/aromatic N) is 1. The second-order valence-electron chi connectivity index (χ2n) is 9.01. The van der Waals surface area contributed by atoms with E-state index in [1.807, 2.05) is 12.1 Å². The average molecular weight is 505 g/mol. The summed E-state index contributed by atoms with van der Waals surface area (Å²) in [7, 11) is 3.40. The Hall–Kier alpha value is -4.87. The van der Waals surface area contributed by atoms with Crippen molar-refractivity contribution in [2.24, 2.45) is 0 Å². The molecule has 12 nitrogen and oxygen atoms in total. The van der Waals surface area contributed by atoms with Crippen LogP contribution in [0.15, 0.2) is 46.9 Å². The summed E-state index contributed by atoms with van der Waals surface area (Å²) in [6.07, 6.45) is 0. The molecular weight excluding hydrogens is 482 g/mol. The highest BCUT2D eigenvalue weighted by atomic mass is 16.5. The van der Waals surface area contributed by atoms with Crippen LogP contribution < -0.4 is 26.0 Å². The first-order chi connectivity index (χ1) is 17.6. The molecule has 1 unspecified atom stereocenters. The molecule has 37 heavy (non-hydrogen) atoms. The van der Waals surface area contributed by atoms with E-state index in [4.69, 9.17) is 9.15 Å². The predicted octanol–water partition coefficient (Wildman–Crippen LogP) is 1.65. The van der Waals surface area contributed by atoms with Gasteiger partial charge in [-0.05, 0) is 48.4 Å². The molecule has 3 aliphatic heterocycles. The summed E-state index contributed by atoms with van der Waals surface area (Å²) >= 11 is 0. The van der Waals surface area contributed by atoms with Crippen LogP contribution in [0.4, 0.5) is 9.59 Å². The van der Waals surface area contributed by atoms with Crippen molar-refractivity contribution in [3.63, 3.8) is 0 Å². The van der Waals surface area contributed by atoms with Gasteiger partial charge in [-0.2, -0.15) is 0 Å². The van der Waals surface area contributed by atoms with Gasteiger partial charge in [0, 0.05) is 24.5 Å². The molecule has 7 amide bonds. The van der Waals surface area contributed by atoms with E-state index in [1.54, 1.807) is 56.3 Å². The van der Waals surface area contributed by atoms with Crippen molar-refractivity contribution < 1.29 is 33.1 Å². The van der Waals surface area contributed by atoms with Crippen molar-refractivity contribution in [2.75, 3.05) is 14.2 Å². The molecule has 190 valence electrons. The molecule has 6 rings (SSSR count). The van der Waals surface area contributed by atoms with E-state index < -0.39 is 35.5 Å². The Kier molecular flexibility index (Phi) is 5.58. The van der Waals surface area contributed by atoms with Crippen LogP contribution >= 0.6 is 0 Å². The van der Waals surface area contributed by atoms with Gasteiger partial charge >= 0.3 is 12.1 Å². The maximum Gasteiger partial charge on any atom is 0.322 e. The van der Waals surface area contributed by atoms with Gasteiger partial charge in [0.25, 0.3) is 17.7 Å². The lowest BCUT2D eigenvalue weighted by molar-refractivity contribution is -0.123. The highest BCUT2D eigenvalue weighted by Crippen LogP contribution is 2.31. The monoisotopic (exact) mass is 505 g/mol. The number of hydrogen-bond donors (Lipinski definition) is 4. The minimum atomic E-state index is -1.18. The van der Waals surface area contributed by atoms with E-state index >= 15 is 0 Å². The molecular formula is C25H23N5O7. The molecule has 0 bridgehead atoms. The first-order valence-corrected chi connectivity index (χ1v) is 11.3. The number of urea groups is 2. The van der Waals surface area contributed by atoms with Crippen LogP contribution in [-0.4, -0.2) is 48.8 Å². The van der Waals surface area contributed by atoms with Gasteiger partial charge in [-0.15, -0.1) is 0 Å². The third kappa shape index (κ3) is 4.11. The van der Waals surface area contributed by atoms with Gasteiger partial charge < -0.3 is 24.7 Å². The molecule has 0 saturated carbocycles. The van der Waals surface area contributed by atoms with E-state index in [-0.39, 0.29) is 11.7 Å². The molecule has 2 aromatic carbocycles. The standard InChI is InChI=1S/C15H12N4O5.C10H11NO2/c1-15(12(21)18-14(23)19-15)7-2-3-8-6(4-7)5-9(24-8)10-11(20)17-13(22)16-10;1-11-6-7-3-4-8(13-2)5-9(7)10(11)12/h2-5,10H,1H3,(H2,16,17,20,22)(H2,18,19,21,23);3-5H,6H2,1-2H3/t10-,15?;/m0./s1. The fraction of sp³-hybridized carbons (Fsp3) is 0.240. The molecule has 2 fully saturated rings. The summed E-state index contributed by atoms with van der Waals surface area (Å²) in [5.74, 6) is 0.165. The van der Waals surface area contributed by atoms with Gasteiger partial charge in [0.2, 0.25) is 0 Å². The summed E-state index contributed by atoms with van der Waals surface area (Å²) in [5.41, 5.74) is 1.73. The molecule has 3 aromatic rings. The minimum absolute atomic E-state index is 0.0777. The SMILES string of the molecule is CC1(c2ccc3oc([C@@H]4NC(=O)NC4=O)cc3c2)NC(=O)NC1=O.COc1ccc2c(c1)C(=O)N(C)C2. The lowest BCUT2D eigenvalue weighted by Gasteiger charge is -2.20. The largest absolute Gasteiger partial charge is 0.497 e. The number of nitrogens with one attached hydrogen (secondary N) is 4. The number of hydrogen-bond acceptors (Lipinski definition) is 7. The Morgan fingerprint density at radius 1 is 1.00 bits per heavy atom. The lowest BCUT2D eigenvalue weighted by atomic mass is 9.91. The van der Waals surface area contributed by atoms with Crippen molar-refractivity contribution in [3.8, 4) is 5.75 Å². The number of ether oxygens (including phenoxy) is 1. The van der Waals surface area contributed by atoms with Gasteiger partial charge in [0.05, 0.1) is 7.11 Å². The van der Waals surface area contributed by atoms with Gasteiger partial charge in [-0.25, -0.2) is 9.59 Å². The summed E-state index contributed by atoms with van der Waals surface area (Å²) < 4.78 is 10.7. The molecule has 0 radical (unpaired) electrons. The van der Waals surface area contributed by atoms with E-state index in [1.165, 1.54) is 0 Å². The second kappa shape index (κ2) is 8.66. The fourth-order valence-electron chi connectivity index (χ4n) is 4.43. The van der Waals surface area contributed by atoms with Crippen LogP contribution in [0.25, 0.3) is 11.0 Å². The molecule has 4 N–H and O–H groups in total. The van der Waals surface area contributed by atoms with Gasteiger partial charge in [-0.3, -0.25) is 25.0 Å². The van der Waals surface area contributed by atoms with E-state index in [9.17, 15) is 24.0 Å². The van der Waals surface area contributed by atoms with Gasteiger partial charge in [-0.1, -0.05) is 12.1 Å². The first-order valence-electron chi connectivity index (χ1n) is 11.3. The number of methoxy groups -OCH3 is 1. The highest BCUT2D eigenvalue weighted by Gasteiger charge is 2.43. The third-order valence-electron chi connectivity index (χ3n) is 6.52. The van der Waals surface area contributed by atoms with Crippen LogP contribution in [0.1, 0.15) is 40.2 Å². The number of carbonyl (C=O) groups is 5. The van der Waals surface area contributed by atoms with Gasteiger partial charge in [0.15, 0.2) is 6.04 Å². The molecule has 1 aromatic heterocycles. The maximum atomic E-state index is 12.0. The van der Waals surface area contributed by atoms with Gasteiger partial charge in [0.1, 0.15) is 22.6 Å².